The molecule has 170 valence electrons. The summed E-state index contributed by atoms with van der Waals surface area (Å²) in [5, 5.41) is 22.5. The number of amides is 2. The van der Waals surface area contributed by atoms with Crippen LogP contribution in [0.3, 0.4) is 0 Å². The third-order valence-corrected chi connectivity index (χ3v) is 6.65. The van der Waals surface area contributed by atoms with Crippen molar-refractivity contribution in [2.24, 2.45) is 5.92 Å². The fourth-order valence-electron chi connectivity index (χ4n) is 4.68. The van der Waals surface area contributed by atoms with Crippen molar-refractivity contribution < 1.29 is 24.2 Å². The molecule has 2 aliphatic rings. The van der Waals surface area contributed by atoms with Gasteiger partial charge in [0.05, 0.1) is 10.6 Å². The molecule has 10 heteroatoms. The number of hydrogen-bond acceptors (Lipinski definition) is 5. The predicted octanol–water partition coefficient (Wildman–Crippen LogP) is 1.85. The topological polar surface area (TPSA) is 112 Å². The Bertz CT molecular complexity index is 1160. The third-order valence-electron chi connectivity index (χ3n) is 6.36. The SMILES string of the molecule is CCN1C[C@]2(C[C@H](CO)C2)n2cc(C(=O)NCc3cccc(Cl)c3F)c(=O)c(O)c2C1=O. The van der Waals surface area contributed by atoms with Crippen LogP contribution >= 0.6 is 11.6 Å². The number of aliphatic hydroxyl groups is 1. The van der Waals surface area contributed by atoms with Crippen molar-refractivity contribution in [2.75, 3.05) is 19.7 Å². The number of hydrogen-bond donors (Lipinski definition) is 3. The molecule has 1 aromatic heterocycles. The van der Waals surface area contributed by atoms with E-state index in [0.717, 1.165) is 0 Å². The minimum atomic E-state index is -0.972. The van der Waals surface area contributed by atoms with Crippen molar-refractivity contribution in [3.05, 3.63) is 62.3 Å². The van der Waals surface area contributed by atoms with Crippen LogP contribution in [-0.2, 0) is 12.1 Å². The van der Waals surface area contributed by atoms with Crippen LogP contribution in [-0.4, -0.2) is 51.2 Å². The zero-order valence-electron chi connectivity index (χ0n) is 17.4. The number of nitrogens with one attached hydrogen (secondary N) is 1. The molecule has 2 heterocycles. The number of aliphatic hydroxyl groups excluding tert-OH is 1. The van der Waals surface area contributed by atoms with Gasteiger partial charge in [-0.2, -0.15) is 0 Å². The first-order valence-electron chi connectivity index (χ1n) is 10.3. The minimum absolute atomic E-state index is 0.0120. The van der Waals surface area contributed by atoms with Gasteiger partial charge in [-0.3, -0.25) is 14.4 Å². The lowest BCUT2D eigenvalue weighted by Crippen LogP contribution is -2.61. The number of halogens is 2. The second-order valence-electron chi connectivity index (χ2n) is 8.34. The number of fused-ring (bicyclic) bond motifs is 2. The van der Waals surface area contributed by atoms with Crippen LogP contribution in [0.15, 0.2) is 29.2 Å². The number of nitrogens with zero attached hydrogens (tertiary/aromatic N) is 2. The van der Waals surface area contributed by atoms with Gasteiger partial charge in [-0.05, 0) is 31.7 Å². The molecular formula is C22H23ClFN3O5. The Morgan fingerprint density at radius 3 is 2.72 bits per heavy atom. The van der Waals surface area contributed by atoms with E-state index in [1.807, 2.05) is 0 Å². The van der Waals surface area contributed by atoms with Crippen LogP contribution in [0.25, 0.3) is 0 Å². The Morgan fingerprint density at radius 1 is 1.34 bits per heavy atom. The molecule has 0 saturated heterocycles. The maximum atomic E-state index is 14.1. The molecule has 0 unspecified atom stereocenters. The van der Waals surface area contributed by atoms with Gasteiger partial charge < -0.3 is 25.0 Å². The molecule has 2 amide bonds. The predicted molar refractivity (Wildman–Crippen MR) is 114 cm³/mol. The molecule has 4 rings (SSSR count). The van der Waals surface area contributed by atoms with E-state index in [9.17, 15) is 29.0 Å². The molecular weight excluding hydrogens is 441 g/mol. The Hall–Kier alpha value is -2.91. The Balaban J connectivity index is 1.71. The summed E-state index contributed by atoms with van der Waals surface area (Å²) >= 11 is 5.76. The van der Waals surface area contributed by atoms with E-state index in [1.54, 1.807) is 11.8 Å². The second-order valence-corrected chi connectivity index (χ2v) is 8.74. The van der Waals surface area contributed by atoms with Crippen molar-refractivity contribution in [1.29, 1.82) is 0 Å². The van der Waals surface area contributed by atoms with E-state index in [-0.39, 0.29) is 40.9 Å². The molecule has 32 heavy (non-hydrogen) atoms. The van der Waals surface area contributed by atoms with E-state index in [4.69, 9.17) is 11.6 Å². The zero-order valence-corrected chi connectivity index (χ0v) is 18.2. The molecule has 1 aromatic carbocycles. The quantitative estimate of drug-likeness (QED) is 0.626. The minimum Gasteiger partial charge on any atom is -0.503 e. The van der Waals surface area contributed by atoms with Crippen molar-refractivity contribution in [3.8, 4) is 5.75 Å². The lowest BCUT2D eigenvalue weighted by molar-refractivity contribution is -0.0142. The number of carbonyl (C=O) groups is 2. The van der Waals surface area contributed by atoms with E-state index in [2.05, 4.69) is 5.32 Å². The maximum absolute atomic E-state index is 14.1. The zero-order chi connectivity index (χ0) is 23.2. The maximum Gasteiger partial charge on any atom is 0.274 e. The van der Waals surface area contributed by atoms with Gasteiger partial charge in [0.2, 0.25) is 5.43 Å². The molecule has 1 aliphatic heterocycles. The highest BCUT2D eigenvalue weighted by molar-refractivity contribution is 6.30. The summed E-state index contributed by atoms with van der Waals surface area (Å²) in [5.74, 6) is -2.74. The molecule has 1 saturated carbocycles. The average molecular weight is 464 g/mol. The summed E-state index contributed by atoms with van der Waals surface area (Å²) in [7, 11) is 0. The van der Waals surface area contributed by atoms with Gasteiger partial charge in [-0.1, -0.05) is 23.7 Å². The van der Waals surface area contributed by atoms with Crippen LogP contribution in [0.4, 0.5) is 4.39 Å². The highest BCUT2D eigenvalue weighted by Crippen LogP contribution is 2.48. The fraction of sp³-hybridized carbons (Fsp3) is 0.409. The smallest absolute Gasteiger partial charge is 0.274 e. The second kappa shape index (κ2) is 8.22. The van der Waals surface area contributed by atoms with Crippen LogP contribution < -0.4 is 10.7 Å². The number of benzene rings is 1. The largest absolute Gasteiger partial charge is 0.503 e. The number of pyridine rings is 1. The van der Waals surface area contributed by atoms with Crippen LogP contribution in [0, 0.1) is 11.7 Å². The van der Waals surface area contributed by atoms with Gasteiger partial charge in [0.15, 0.2) is 11.4 Å². The van der Waals surface area contributed by atoms with Gasteiger partial charge >= 0.3 is 0 Å². The molecule has 1 spiro atoms. The van der Waals surface area contributed by atoms with E-state index in [0.29, 0.717) is 25.9 Å². The molecule has 0 bridgehead atoms. The highest BCUT2D eigenvalue weighted by Gasteiger charge is 2.52. The highest BCUT2D eigenvalue weighted by atomic mass is 35.5. The number of rotatable bonds is 5. The average Bonchev–Trinajstić information content (AvgIpc) is 2.75. The summed E-state index contributed by atoms with van der Waals surface area (Å²) in [4.78, 5) is 40.0. The molecule has 0 atom stereocenters. The Kier molecular flexibility index (Phi) is 5.72. The summed E-state index contributed by atoms with van der Waals surface area (Å²) in [5.41, 5.74) is -1.95. The van der Waals surface area contributed by atoms with Crippen LogP contribution in [0.5, 0.6) is 5.75 Å². The van der Waals surface area contributed by atoms with Gasteiger partial charge in [0.25, 0.3) is 11.8 Å². The summed E-state index contributed by atoms with van der Waals surface area (Å²) < 4.78 is 15.6. The number of likely N-dealkylation sites (N-methyl/N-ethyl adjacent to an activating group) is 1. The molecule has 2 aromatic rings. The monoisotopic (exact) mass is 463 g/mol. The Labute approximate surface area is 188 Å². The Morgan fingerprint density at radius 2 is 2.06 bits per heavy atom. The van der Waals surface area contributed by atoms with Gasteiger partial charge in [0.1, 0.15) is 11.4 Å². The van der Waals surface area contributed by atoms with Crippen LogP contribution in [0.2, 0.25) is 5.02 Å². The molecule has 8 nitrogen and oxygen atoms in total. The molecule has 1 aliphatic carbocycles. The molecule has 0 radical (unpaired) electrons. The van der Waals surface area contributed by atoms with Crippen molar-refractivity contribution in [2.45, 2.75) is 31.8 Å². The molecule has 1 fully saturated rings. The number of carbonyl (C=O) groups excluding carboxylic acids is 2. The van der Waals surface area contributed by atoms with Crippen molar-refractivity contribution in [1.82, 2.24) is 14.8 Å². The van der Waals surface area contributed by atoms with Gasteiger partial charge in [-0.25, -0.2) is 4.39 Å². The summed E-state index contributed by atoms with van der Waals surface area (Å²) in [6.45, 7) is 2.32. The van der Waals surface area contributed by atoms with Gasteiger partial charge in [0, 0.05) is 38.0 Å². The standard InChI is InChI=1S/C22H23ClFN3O5/c1-2-26-11-22(6-12(7-22)10-28)27-9-14(18(29)19(30)17(27)21(26)32)20(31)25-8-13-4-3-5-15(23)16(13)24/h3-5,9,12,28,30H,2,6-8,10-11H2,1H3,(H,25,31)/t12-,22+. The van der Waals surface area contributed by atoms with E-state index >= 15 is 0 Å². The molecule has 3 N–H and O–H groups in total. The fourth-order valence-corrected chi connectivity index (χ4v) is 4.87. The van der Waals surface area contributed by atoms with Crippen molar-refractivity contribution in [3.63, 3.8) is 0 Å². The first kappa shape index (κ1) is 22.3. The lowest BCUT2D eigenvalue weighted by atomic mass is 9.67. The third kappa shape index (κ3) is 3.45. The first-order valence-corrected chi connectivity index (χ1v) is 10.7. The number of aromatic hydroxyl groups is 1. The van der Waals surface area contributed by atoms with Gasteiger partial charge in [-0.15, -0.1) is 0 Å². The van der Waals surface area contributed by atoms with E-state index in [1.165, 1.54) is 29.0 Å². The normalized spacial score (nSPS) is 21.9. The summed E-state index contributed by atoms with van der Waals surface area (Å²) in [6.07, 6.45) is 2.37. The van der Waals surface area contributed by atoms with Crippen molar-refractivity contribution >= 4 is 23.4 Å². The number of aromatic nitrogens is 1. The van der Waals surface area contributed by atoms with Crippen LogP contribution in [0.1, 0.15) is 46.2 Å². The lowest BCUT2D eigenvalue weighted by Gasteiger charge is -2.54. The first-order chi connectivity index (χ1) is 15.2. The van der Waals surface area contributed by atoms with E-state index < -0.39 is 34.3 Å². The summed E-state index contributed by atoms with van der Waals surface area (Å²) in [6, 6.07) is 4.37.